The summed E-state index contributed by atoms with van der Waals surface area (Å²) < 4.78 is 5.77. The zero-order valence-electron chi connectivity index (χ0n) is 12.5. The number of amides is 1. The second-order valence-electron chi connectivity index (χ2n) is 6.26. The first-order chi connectivity index (χ1) is 9.47. The topological polar surface area (TPSA) is 55.3 Å². The molecule has 1 aromatic heterocycles. The normalized spacial score (nSPS) is 19.9. The fourth-order valence-corrected chi connectivity index (χ4v) is 2.25. The Kier molecular flexibility index (Phi) is 4.70. The summed E-state index contributed by atoms with van der Waals surface area (Å²) in [5.74, 6) is 0.174. The molecule has 1 atom stereocenters. The molecule has 0 unspecified atom stereocenters. The SMILES string of the molecule is CC(C)(C)[C@@H]1CN(C(=O)CCc2cnccn2)CCO1. The molecule has 1 fully saturated rings. The third-order valence-electron chi connectivity index (χ3n) is 3.60. The molecule has 1 saturated heterocycles. The quantitative estimate of drug-likeness (QED) is 0.843. The van der Waals surface area contributed by atoms with Crippen LogP contribution in [-0.4, -0.2) is 46.6 Å². The van der Waals surface area contributed by atoms with E-state index in [1.165, 1.54) is 0 Å². The standard InChI is InChI=1S/C15H23N3O2/c1-15(2,3)13-11-18(8-9-20-13)14(19)5-4-12-10-16-6-7-17-12/h6-7,10,13H,4-5,8-9,11H2,1-3H3/t13-/m0/s1. The monoisotopic (exact) mass is 277 g/mol. The van der Waals surface area contributed by atoms with E-state index >= 15 is 0 Å². The number of nitrogens with zero attached hydrogens (tertiary/aromatic N) is 3. The Morgan fingerprint density at radius 3 is 2.90 bits per heavy atom. The van der Waals surface area contributed by atoms with Gasteiger partial charge in [-0.25, -0.2) is 0 Å². The summed E-state index contributed by atoms with van der Waals surface area (Å²) >= 11 is 0. The molecule has 1 amide bonds. The number of rotatable bonds is 3. The van der Waals surface area contributed by atoms with E-state index in [1.54, 1.807) is 18.6 Å². The van der Waals surface area contributed by atoms with Crippen LogP contribution in [-0.2, 0) is 16.0 Å². The zero-order chi connectivity index (χ0) is 14.6. The first-order valence-electron chi connectivity index (χ1n) is 7.11. The lowest BCUT2D eigenvalue weighted by atomic mass is 9.88. The van der Waals surface area contributed by atoms with Gasteiger partial charge in [-0.15, -0.1) is 0 Å². The largest absolute Gasteiger partial charge is 0.374 e. The fraction of sp³-hybridized carbons (Fsp3) is 0.667. The van der Waals surface area contributed by atoms with Gasteiger partial charge in [-0.3, -0.25) is 14.8 Å². The number of ether oxygens (including phenoxy) is 1. The molecule has 1 aliphatic rings. The van der Waals surface area contributed by atoms with Crippen molar-refractivity contribution >= 4 is 5.91 Å². The van der Waals surface area contributed by atoms with Gasteiger partial charge in [-0.1, -0.05) is 20.8 Å². The predicted octanol–water partition coefficient (Wildman–Crippen LogP) is 1.68. The minimum atomic E-state index is 0.0594. The summed E-state index contributed by atoms with van der Waals surface area (Å²) in [6, 6.07) is 0. The highest BCUT2D eigenvalue weighted by atomic mass is 16.5. The van der Waals surface area contributed by atoms with E-state index in [-0.39, 0.29) is 17.4 Å². The fourth-order valence-electron chi connectivity index (χ4n) is 2.25. The highest BCUT2D eigenvalue weighted by Gasteiger charge is 2.32. The molecular formula is C15H23N3O2. The van der Waals surface area contributed by atoms with Gasteiger partial charge in [0, 0.05) is 38.1 Å². The van der Waals surface area contributed by atoms with Crippen LogP contribution < -0.4 is 0 Å². The summed E-state index contributed by atoms with van der Waals surface area (Å²) in [6.07, 6.45) is 6.24. The first kappa shape index (κ1) is 14.9. The molecule has 0 saturated carbocycles. The molecule has 1 aliphatic heterocycles. The Morgan fingerprint density at radius 1 is 1.45 bits per heavy atom. The van der Waals surface area contributed by atoms with Crippen molar-refractivity contribution in [1.29, 1.82) is 0 Å². The number of aryl methyl sites for hydroxylation is 1. The zero-order valence-corrected chi connectivity index (χ0v) is 12.5. The van der Waals surface area contributed by atoms with Crippen molar-refractivity contribution in [1.82, 2.24) is 14.9 Å². The van der Waals surface area contributed by atoms with Gasteiger partial charge in [0.1, 0.15) is 0 Å². The van der Waals surface area contributed by atoms with E-state index in [9.17, 15) is 4.79 Å². The Morgan fingerprint density at radius 2 is 2.25 bits per heavy atom. The maximum absolute atomic E-state index is 12.3. The van der Waals surface area contributed by atoms with Gasteiger partial charge in [0.15, 0.2) is 0 Å². The minimum Gasteiger partial charge on any atom is -0.374 e. The average Bonchev–Trinajstić information content (AvgIpc) is 2.45. The molecule has 0 radical (unpaired) electrons. The van der Waals surface area contributed by atoms with Crippen LogP contribution in [0.4, 0.5) is 0 Å². The van der Waals surface area contributed by atoms with E-state index < -0.39 is 0 Å². The van der Waals surface area contributed by atoms with Crippen LogP contribution in [0.25, 0.3) is 0 Å². The average molecular weight is 277 g/mol. The minimum absolute atomic E-state index is 0.0594. The first-order valence-corrected chi connectivity index (χ1v) is 7.11. The van der Waals surface area contributed by atoms with Crippen molar-refractivity contribution in [2.75, 3.05) is 19.7 Å². The van der Waals surface area contributed by atoms with Crippen molar-refractivity contribution in [3.05, 3.63) is 24.3 Å². The molecule has 0 N–H and O–H groups in total. The number of carbonyl (C=O) groups is 1. The molecule has 0 spiro atoms. The predicted molar refractivity (Wildman–Crippen MR) is 76.1 cm³/mol. The summed E-state index contributed by atoms with van der Waals surface area (Å²) in [4.78, 5) is 22.4. The second-order valence-corrected chi connectivity index (χ2v) is 6.26. The molecular weight excluding hydrogens is 254 g/mol. The van der Waals surface area contributed by atoms with Crippen LogP contribution in [0.15, 0.2) is 18.6 Å². The maximum atomic E-state index is 12.3. The van der Waals surface area contributed by atoms with E-state index in [4.69, 9.17) is 4.74 Å². The van der Waals surface area contributed by atoms with Crippen LogP contribution >= 0.6 is 0 Å². The highest BCUT2D eigenvalue weighted by Crippen LogP contribution is 2.25. The van der Waals surface area contributed by atoms with Crippen LogP contribution in [0, 0.1) is 5.41 Å². The number of hydrogen-bond acceptors (Lipinski definition) is 4. The molecule has 20 heavy (non-hydrogen) atoms. The van der Waals surface area contributed by atoms with Gasteiger partial charge < -0.3 is 9.64 Å². The molecule has 5 heteroatoms. The van der Waals surface area contributed by atoms with Crippen LogP contribution in [0.3, 0.4) is 0 Å². The van der Waals surface area contributed by atoms with Crippen LogP contribution in [0.1, 0.15) is 32.9 Å². The Bertz CT molecular complexity index is 442. The maximum Gasteiger partial charge on any atom is 0.223 e. The van der Waals surface area contributed by atoms with E-state index in [1.807, 2.05) is 4.90 Å². The van der Waals surface area contributed by atoms with Crippen LogP contribution in [0.5, 0.6) is 0 Å². The highest BCUT2D eigenvalue weighted by molar-refractivity contribution is 5.76. The summed E-state index contributed by atoms with van der Waals surface area (Å²) in [6.45, 7) is 8.43. The van der Waals surface area contributed by atoms with Gasteiger partial charge in [0.25, 0.3) is 0 Å². The van der Waals surface area contributed by atoms with Gasteiger partial charge in [0.05, 0.1) is 18.4 Å². The Hall–Kier alpha value is -1.49. The van der Waals surface area contributed by atoms with Gasteiger partial charge in [0.2, 0.25) is 5.91 Å². The van der Waals surface area contributed by atoms with Crippen molar-refractivity contribution in [2.45, 2.75) is 39.7 Å². The summed E-state index contributed by atoms with van der Waals surface area (Å²) in [7, 11) is 0. The lowest BCUT2D eigenvalue weighted by Crippen LogP contribution is -2.50. The molecule has 0 aromatic carbocycles. The van der Waals surface area contributed by atoms with E-state index in [0.717, 1.165) is 5.69 Å². The second kappa shape index (κ2) is 6.31. The lowest BCUT2D eigenvalue weighted by molar-refractivity contribution is -0.143. The van der Waals surface area contributed by atoms with Gasteiger partial charge in [-0.05, 0) is 11.8 Å². The summed E-state index contributed by atoms with van der Waals surface area (Å²) in [5.41, 5.74) is 0.922. The number of carbonyl (C=O) groups excluding carboxylic acids is 1. The van der Waals surface area contributed by atoms with E-state index in [0.29, 0.717) is 32.5 Å². The Labute approximate surface area is 120 Å². The van der Waals surface area contributed by atoms with Crippen molar-refractivity contribution in [3.8, 4) is 0 Å². The molecule has 1 aromatic rings. The molecule has 0 bridgehead atoms. The van der Waals surface area contributed by atoms with Gasteiger partial charge in [-0.2, -0.15) is 0 Å². The number of hydrogen-bond donors (Lipinski definition) is 0. The Balaban J connectivity index is 1.86. The van der Waals surface area contributed by atoms with Crippen molar-refractivity contribution in [3.63, 3.8) is 0 Å². The molecule has 2 heterocycles. The molecule has 5 nitrogen and oxygen atoms in total. The van der Waals surface area contributed by atoms with Gasteiger partial charge >= 0.3 is 0 Å². The molecule has 110 valence electrons. The smallest absolute Gasteiger partial charge is 0.223 e. The number of aromatic nitrogens is 2. The van der Waals surface area contributed by atoms with E-state index in [2.05, 4.69) is 30.7 Å². The van der Waals surface area contributed by atoms with Crippen molar-refractivity contribution in [2.24, 2.45) is 5.41 Å². The third-order valence-corrected chi connectivity index (χ3v) is 3.60. The molecule has 2 rings (SSSR count). The van der Waals surface area contributed by atoms with Crippen molar-refractivity contribution < 1.29 is 9.53 Å². The summed E-state index contributed by atoms with van der Waals surface area (Å²) in [5, 5.41) is 0. The molecule has 0 aliphatic carbocycles. The third kappa shape index (κ3) is 4.00. The number of morpholine rings is 1. The lowest BCUT2D eigenvalue weighted by Gasteiger charge is -2.39. The van der Waals surface area contributed by atoms with Crippen LogP contribution in [0.2, 0.25) is 0 Å².